The number of rotatable bonds is 5. The van der Waals surface area contributed by atoms with E-state index in [2.05, 4.69) is 5.32 Å². The molecule has 0 aromatic heterocycles. The molecule has 138 valence electrons. The SMILES string of the molecule is Cc1cc(NC(=O)C2(c3ccc(F)cc3)CCCC2)ccc1OC(C)C. The summed E-state index contributed by atoms with van der Waals surface area (Å²) in [4.78, 5) is 13.2. The van der Waals surface area contributed by atoms with Crippen LogP contribution in [0.3, 0.4) is 0 Å². The predicted molar refractivity (Wildman–Crippen MR) is 102 cm³/mol. The van der Waals surface area contributed by atoms with Crippen molar-refractivity contribution in [1.82, 2.24) is 0 Å². The van der Waals surface area contributed by atoms with Crippen LogP contribution in [0, 0.1) is 12.7 Å². The molecule has 1 fully saturated rings. The monoisotopic (exact) mass is 355 g/mol. The summed E-state index contributed by atoms with van der Waals surface area (Å²) in [5, 5.41) is 3.07. The maximum Gasteiger partial charge on any atom is 0.235 e. The maximum absolute atomic E-state index is 13.3. The molecule has 0 heterocycles. The van der Waals surface area contributed by atoms with E-state index in [1.165, 1.54) is 12.1 Å². The molecule has 2 aromatic carbocycles. The molecular formula is C22H26FNO2. The van der Waals surface area contributed by atoms with Crippen molar-refractivity contribution in [3.05, 3.63) is 59.4 Å². The number of hydrogen-bond donors (Lipinski definition) is 1. The Bertz CT molecular complexity index is 777. The number of amides is 1. The lowest BCUT2D eigenvalue weighted by atomic mass is 9.78. The number of hydrogen-bond acceptors (Lipinski definition) is 2. The van der Waals surface area contributed by atoms with Gasteiger partial charge in [-0.2, -0.15) is 0 Å². The molecular weight excluding hydrogens is 329 g/mol. The summed E-state index contributed by atoms with van der Waals surface area (Å²) < 4.78 is 19.1. The Labute approximate surface area is 154 Å². The molecule has 0 spiro atoms. The second-order valence-corrected chi connectivity index (χ2v) is 7.40. The van der Waals surface area contributed by atoms with Crippen molar-refractivity contribution in [2.24, 2.45) is 0 Å². The van der Waals surface area contributed by atoms with Crippen LogP contribution in [0.15, 0.2) is 42.5 Å². The van der Waals surface area contributed by atoms with Crippen molar-refractivity contribution >= 4 is 11.6 Å². The first-order chi connectivity index (χ1) is 12.4. The Kier molecular flexibility index (Phi) is 5.30. The molecule has 0 aliphatic heterocycles. The molecule has 0 radical (unpaired) electrons. The van der Waals surface area contributed by atoms with Gasteiger partial charge in [0.2, 0.25) is 5.91 Å². The Hall–Kier alpha value is -2.36. The van der Waals surface area contributed by atoms with Gasteiger partial charge in [-0.25, -0.2) is 4.39 Å². The Morgan fingerprint density at radius 2 is 1.77 bits per heavy atom. The lowest BCUT2D eigenvalue weighted by Gasteiger charge is -2.28. The Morgan fingerprint density at radius 3 is 2.35 bits per heavy atom. The third kappa shape index (κ3) is 3.74. The molecule has 26 heavy (non-hydrogen) atoms. The molecule has 4 heteroatoms. The minimum atomic E-state index is -0.575. The first-order valence-electron chi connectivity index (χ1n) is 9.25. The largest absolute Gasteiger partial charge is 0.491 e. The van der Waals surface area contributed by atoms with E-state index >= 15 is 0 Å². The molecule has 1 aliphatic rings. The van der Waals surface area contributed by atoms with Crippen LogP contribution in [0.2, 0.25) is 0 Å². The summed E-state index contributed by atoms with van der Waals surface area (Å²) in [7, 11) is 0. The molecule has 2 aromatic rings. The van der Waals surface area contributed by atoms with Crippen molar-refractivity contribution in [3.8, 4) is 5.75 Å². The van der Waals surface area contributed by atoms with Gasteiger partial charge in [0.1, 0.15) is 11.6 Å². The second-order valence-electron chi connectivity index (χ2n) is 7.40. The van der Waals surface area contributed by atoms with Crippen molar-refractivity contribution in [1.29, 1.82) is 0 Å². The highest BCUT2D eigenvalue weighted by Crippen LogP contribution is 2.42. The van der Waals surface area contributed by atoms with Crippen LogP contribution in [0.25, 0.3) is 0 Å². The van der Waals surface area contributed by atoms with Crippen LogP contribution >= 0.6 is 0 Å². The highest BCUT2D eigenvalue weighted by Gasteiger charge is 2.42. The van der Waals surface area contributed by atoms with Gasteiger partial charge in [0.25, 0.3) is 0 Å². The average molecular weight is 355 g/mol. The van der Waals surface area contributed by atoms with E-state index in [-0.39, 0.29) is 17.8 Å². The maximum atomic E-state index is 13.3. The van der Waals surface area contributed by atoms with Crippen molar-refractivity contribution < 1.29 is 13.9 Å². The van der Waals surface area contributed by atoms with Crippen molar-refractivity contribution in [2.45, 2.75) is 58.0 Å². The minimum Gasteiger partial charge on any atom is -0.491 e. The predicted octanol–water partition coefficient (Wildman–Crippen LogP) is 5.37. The molecule has 3 rings (SSSR count). The number of nitrogens with one attached hydrogen (secondary N) is 1. The number of ether oxygens (including phenoxy) is 1. The zero-order valence-corrected chi connectivity index (χ0v) is 15.6. The summed E-state index contributed by atoms with van der Waals surface area (Å²) in [6, 6.07) is 12.1. The van der Waals surface area contributed by atoms with Crippen LogP contribution in [-0.2, 0) is 10.2 Å². The number of anilines is 1. The summed E-state index contributed by atoms with van der Waals surface area (Å²) in [6.45, 7) is 5.95. The van der Waals surface area contributed by atoms with Gasteiger partial charge in [-0.3, -0.25) is 4.79 Å². The number of halogens is 1. The van der Waals surface area contributed by atoms with Crippen LogP contribution in [0.1, 0.15) is 50.7 Å². The van der Waals surface area contributed by atoms with E-state index in [1.54, 1.807) is 12.1 Å². The standard InChI is InChI=1S/C22H26FNO2/c1-15(2)26-20-11-10-19(14-16(20)3)24-21(25)22(12-4-5-13-22)17-6-8-18(23)9-7-17/h6-11,14-15H,4-5,12-13H2,1-3H3,(H,24,25). The van der Waals surface area contributed by atoms with Gasteiger partial charge in [-0.05, 0) is 75.1 Å². The zero-order chi connectivity index (χ0) is 18.7. The van der Waals surface area contributed by atoms with Crippen LogP contribution in [-0.4, -0.2) is 12.0 Å². The van der Waals surface area contributed by atoms with Gasteiger partial charge in [-0.15, -0.1) is 0 Å². The summed E-state index contributed by atoms with van der Waals surface area (Å²) >= 11 is 0. The van der Waals surface area contributed by atoms with E-state index in [0.29, 0.717) is 0 Å². The van der Waals surface area contributed by atoms with Crippen LogP contribution in [0.5, 0.6) is 5.75 Å². The van der Waals surface area contributed by atoms with E-state index in [4.69, 9.17) is 4.74 Å². The molecule has 1 amide bonds. The van der Waals surface area contributed by atoms with Gasteiger partial charge in [0.15, 0.2) is 0 Å². The molecule has 1 N–H and O–H groups in total. The second kappa shape index (κ2) is 7.48. The van der Waals surface area contributed by atoms with Gasteiger partial charge >= 0.3 is 0 Å². The fourth-order valence-electron chi connectivity index (χ4n) is 3.76. The Balaban J connectivity index is 1.83. The van der Waals surface area contributed by atoms with E-state index in [1.807, 2.05) is 39.0 Å². The molecule has 0 unspecified atom stereocenters. The smallest absolute Gasteiger partial charge is 0.235 e. The van der Waals surface area contributed by atoms with E-state index in [9.17, 15) is 9.18 Å². The molecule has 0 saturated heterocycles. The fourth-order valence-corrected chi connectivity index (χ4v) is 3.76. The lowest BCUT2D eigenvalue weighted by Crippen LogP contribution is -2.38. The van der Waals surface area contributed by atoms with Gasteiger partial charge in [-0.1, -0.05) is 25.0 Å². The van der Waals surface area contributed by atoms with Crippen LogP contribution < -0.4 is 10.1 Å². The normalized spacial score (nSPS) is 15.9. The number of carbonyl (C=O) groups excluding carboxylic acids is 1. The average Bonchev–Trinajstić information content (AvgIpc) is 3.09. The molecule has 1 aliphatic carbocycles. The summed E-state index contributed by atoms with van der Waals surface area (Å²) in [5.41, 5.74) is 2.07. The van der Waals surface area contributed by atoms with Gasteiger partial charge in [0, 0.05) is 5.69 Å². The number of carbonyl (C=O) groups is 1. The highest BCUT2D eigenvalue weighted by molar-refractivity contribution is 5.99. The topological polar surface area (TPSA) is 38.3 Å². The molecule has 3 nitrogen and oxygen atoms in total. The number of aryl methyl sites for hydroxylation is 1. The Morgan fingerprint density at radius 1 is 1.12 bits per heavy atom. The minimum absolute atomic E-state index is 0.0152. The van der Waals surface area contributed by atoms with Gasteiger partial charge in [0.05, 0.1) is 11.5 Å². The van der Waals surface area contributed by atoms with E-state index < -0.39 is 5.41 Å². The highest BCUT2D eigenvalue weighted by atomic mass is 19.1. The first kappa shape index (κ1) is 18.4. The first-order valence-corrected chi connectivity index (χ1v) is 9.25. The fraction of sp³-hybridized carbons (Fsp3) is 0.409. The molecule has 0 bridgehead atoms. The third-order valence-corrected chi connectivity index (χ3v) is 5.08. The van der Waals surface area contributed by atoms with E-state index in [0.717, 1.165) is 48.2 Å². The molecule has 0 atom stereocenters. The molecule has 1 saturated carbocycles. The quantitative estimate of drug-likeness (QED) is 0.783. The summed E-state index contributed by atoms with van der Waals surface area (Å²) in [5.74, 6) is 0.532. The van der Waals surface area contributed by atoms with Crippen molar-refractivity contribution in [2.75, 3.05) is 5.32 Å². The third-order valence-electron chi connectivity index (χ3n) is 5.08. The zero-order valence-electron chi connectivity index (χ0n) is 15.6. The van der Waals surface area contributed by atoms with Crippen molar-refractivity contribution in [3.63, 3.8) is 0 Å². The van der Waals surface area contributed by atoms with Gasteiger partial charge < -0.3 is 10.1 Å². The lowest BCUT2D eigenvalue weighted by molar-refractivity contribution is -0.121. The van der Waals surface area contributed by atoms with Crippen LogP contribution in [0.4, 0.5) is 10.1 Å². The number of benzene rings is 2. The summed E-state index contributed by atoms with van der Waals surface area (Å²) in [6.07, 6.45) is 3.70.